The van der Waals surface area contributed by atoms with E-state index in [4.69, 9.17) is 5.73 Å². The van der Waals surface area contributed by atoms with Crippen LogP contribution < -0.4 is 16.4 Å². The number of nitrogens with two attached hydrogens (primary N) is 1. The highest BCUT2D eigenvalue weighted by atomic mass is 16.2. The second kappa shape index (κ2) is 6.85. The zero-order valence-corrected chi connectivity index (χ0v) is 12.2. The number of amides is 2. The molecule has 2 amide bonds. The molecule has 1 unspecified atom stereocenters. The smallest absolute Gasteiger partial charge is 0.316 e. The van der Waals surface area contributed by atoms with Gasteiger partial charge in [0.1, 0.15) is 0 Å². The van der Waals surface area contributed by atoms with Crippen LogP contribution >= 0.6 is 0 Å². The molecule has 1 aromatic heterocycles. The topological polar surface area (TPSA) is 80.0 Å². The Morgan fingerprint density at radius 3 is 2.05 bits per heavy atom. The first-order chi connectivity index (χ1) is 10.1. The molecule has 0 radical (unpaired) electrons. The van der Waals surface area contributed by atoms with Crippen LogP contribution in [0.5, 0.6) is 0 Å². The van der Waals surface area contributed by atoms with Crippen LogP contribution in [0.4, 0.5) is 10.5 Å². The molecule has 110 valence electrons. The molecule has 2 aromatic rings. The number of aromatic nitrogens is 1. The number of rotatable bonds is 5. The van der Waals surface area contributed by atoms with E-state index in [1.165, 1.54) is 5.56 Å². The van der Waals surface area contributed by atoms with Crippen LogP contribution in [0.1, 0.15) is 37.1 Å². The van der Waals surface area contributed by atoms with Crippen LogP contribution in [0.3, 0.4) is 0 Å². The van der Waals surface area contributed by atoms with E-state index in [1.54, 1.807) is 12.4 Å². The van der Waals surface area contributed by atoms with Gasteiger partial charge in [0.15, 0.2) is 0 Å². The lowest BCUT2D eigenvalue weighted by Gasteiger charge is -2.21. The Hall–Kier alpha value is -2.40. The van der Waals surface area contributed by atoms with Gasteiger partial charge in [-0.25, -0.2) is 4.79 Å². The van der Waals surface area contributed by atoms with Gasteiger partial charge < -0.3 is 16.4 Å². The number of nitrogens with zero attached hydrogens (tertiary/aromatic N) is 1. The van der Waals surface area contributed by atoms with Gasteiger partial charge in [-0.3, -0.25) is 4.98 Å². The molecule has 0 saturated carbocycles. The maximum absolute atomic E-state index is 10.8. The summed E-state index contributed by atoms with van der Waals surface area (Å²) in [7, 11) is 0. The molecule has 1 heterocycles. The van der Waals surface area contributed by atoms with Gasteiger partial charge in [0.2, 0.25) is 0 Å². The summed E-state index contributed by atoms with van der Waals surface area (Å²) in [4.78, 5) is 14.8. The van der Waals surface area contributed by atoms with Gasteiger partial charge >= 0.3 is 6.03 Å². The summed E-state index contributed by atoms with van der Waals surface area (Å²) in [5.74, 6) is 0. The van der Waals surface area contributed by atoms with E-state index in [0.717, 1.165) is 5.56 Å². The first-order valence-electron chi connectivity index (χ1n) is 6.88. The molecule has 0 fully saturated rings. The number of hydrogen-bond donors (Lipinski definition) is 3. The number of pyridine rings is 1. The number of benzene rings is 1. The van der Waals surface area contributed by atoms with E-state index < -0.39 is 6.03 Å². The van der Waals surface area contributed by atoms with E-state index in [2.05, 4.69) is 29.5 Å². The van der Waals surface area contributed by atoms with Gasteiger partial charge in [-0.05, 0) is 49.2 Å². The van der Waals surface area contributed by atoms with Crippen LogP contribution in [-0.2, 0) is 0 Å². The largest absolute Gasteiger partial charge is 0.351 e. The average molecular weight is 284 g/mol. The molecule has 5 heteroatoms. The highest BCUT2D eigenvalue weighted by molar-refractivity contribution is 5.87. The van der Waals surface area contributed by atoms with Crippen molar-refractivity contribution in [2.45, 2.75) is 25.9 Å². The summed E-state index contributed by atoms with van der Waals surface area (Å²) in [6.45, 7) is 4.23. The molecule has 0 aliphatic heterocycles. The molecular formula is C16H20N4O. The normalized spacial score (nSPS) is 13.4. The van der Waals surface area contributed by atoms with Crippen molar-refractivity contribution < 1.29 is 4.79 Å². The highest BCUT2D eigenvalue weighted by Gasteiger charge is 2.11. The number of carbonyl (C=O) groups excluding carboxylic acids is 1. The monoisotopic (exact) mass is 284 g/mol. The highest BCUT2D eigenvalue weighted by Crippen LogP contribution is 2.20. The minimum Gasteiger partial charge on any atom is -0.351 e. The molecule has 2 rings (SSSR count). The van der Waals surface area contributed by atoms with Crippen molar-refractivity contribution in [3.63, 3.8) is 0 Å². The molecule has 2 atom stereocenters. The standard InChI is InChI=1S/C16H20N4O/c1-11(19-12(2)14-7-9-18-10-8-14)13-3-5-15(6-4-13)20-16(17)21/h3-12,19H,1-2H3,(H3,17,20,21)/t11?,12-/m0/s1. The van der Waals surface area contributed by atoms with Crippen LogP contribution in [0.25, 0.3) is 0 Å². The Bertz CT molecular complexity index is 583. The molecule has 21 heavy (non-hydrogen) atoms. The third kappa shape index (κ3) is 4.29. The van der Waals surface area contributed by atoms with Crippen LogP contribution in [0.2, 0.25) is 0 Å². The summed E-state index contributed by atoms with van der Waals surface area (Å²) in [6, 6.07) is 11.5. The van der Waals surface area contributed by atoms with Gasteiger partial charge in [0.25, 0.3) is 0 Å². The summed E-state index contributed by atoms with van der Waals surface area (Å²) >= 11 is 0. The van der Waals surface area contributed by atoms with Crippen molar-refractivity contribution in [2.75, 3.05) is 5.32 Å². The van der Waals surface area contributed by atoms with Crippen LogP contribution in [0.15, 0.2) is 48.8 Å². The molecule has 4 N–H and O–H groups in total. The lowest BCUT2D eigenvalue weighted by atomic mass is 10.0. The van der Waals surface area contributed by atoms with E-state index >= 15 is 0 Å². The van der Waals surface area contributed by atoms with Crippen molar-refractivity contribution in [2.24, 2.45) is 5.73 Å². The molecule has 0 bridgehead atoms. The fourth-order valence-electron chi connectivity index (χ4n) is 2.22. The number of hydrogen-bond acceptors (Lipinski definition) is 3. The fourth-order valence-corrected chi connectivity index (χ4v) is 2.22. The number of nitrogens with one attached hydrogen (secondary N) is 2. The quantitative estimate of drug-likeness (QED) is 0.789. The van der Waals surface area contributed by atoms with E-state index in [9.17, 15) is 4.79 Å². The Morgan fingerprint density at radius 1 is 1.00 bits per heavy atom. The maximum atomic E-state index is 10.8. The number of urea groups is 1. The zero-order valence-electron chi connectivity index (χ0n) is 12.2. The van der Waals surface area contributed by atoms with Crippen molar-refractivity contribution in [3.05, 3.63) is 59.9 Å². The first kappa shape index (κ1) is 15.0. The lowest BCUT2D eigenvalue weighted by Crippen LogP contribution is -2.22. The van der Waals surface area contributed by atoms with E-state index in [-0.39, 0.29) is 12.1 Å². The molecule has 0 saturated heterocycles. The third-order valence-electron chi connectivity index (χ3n) is 3.38. The maximum Gasteiger partial charge on any atom is 0.316 e. The van der Waals surface area contributed by atoms with Crippen molar-refractivity contribution in [3.8, 4) is 0 Å². The van der Waals surface area contributed by atoms with Gasteiger partial charge in [0, 0.05) is 30.2 Å². The summed E-state index contributed by atoms with van der Waals surface area (Å²) in [5.41, 5.74) is 8.12. The number of primary amides is 1. The Labute approximate surface area is 124 Å². The summed E-state index contributed by atoms with van der Waals surface area (Å²) in [5, 5.41) is 6.08. The average Bonchev–Trinajstić information content (AvgIpc) is 2.48. The van der Waals surface area contributed by atoms with Crippen molar-refractivity contribution >= 4 is 11.7 Å². The molecular weight excluding hydrogens is 264 g/mol. The number of carbonyl (C=O) groups is 1. The van der Waals surface area contributed by atoms with E-state index in [1.807, 2.05) is 36.4 Å². The Morgan fingerprint density at radius 2 is 1.52 bits per heavy atom. The Kier molecular flexibility index (Phi) is 4.90. The van der Waals surface area contributed by atoms with Crippen molar-refractivity contribution in [1.29, 1.82) is 0 Å². The SMILES string of the molecule is CC(N[C@@H](C)c1ccncc1)c1ccc(NC(N)=O)cc1. The Balaban J connectivity index is 2.00. The summed E-state index contributed by atoms with van der Waals surface area (Å²) in [6.07, 6.45) is 3.59. The van der Waals surface area contributed by atoms with Gasteiger partial charge in [-0.2, -0.15) is 0 Å². The van der Waals surface area contributed by atoms with Crippen LogP contribution in [0, 0.1) is 0 Å². The predicted molar refractivity (Wildman–Crippen MR) is 83.9 cm³/mol. The third-order valence-corrected chi connectivity index (χ3v) is 3.38. The zero-order chi connectivity index (χ0) is 15.2. The minimum atomic E-state index is -0.555. The second-order valence-corrected chi connectivity index (χ2v) is 5.00. The molecule has 0 spiro atoms. The van der Waals surface area contributed by atoms with Gasteiger partial charge in [0.05, 0.1) is 0 Å². The second-order valence-electron chi connectivity index (χ2n) is 5.00. The minimum absolute atomic E-state index is 0.191. The van der Waals surface area contributed by atoms with Gasteiger partial charge in [-0.15, -0.1) is 0 Å². The summed E-state index contributed by atoms with van der Waals surface area (Å²) < 4.78 is 0. The fraction of sp³-hybridized carbons (Fsp3) is 0.250. The molecule has 0 aliphatic rings. The lowest BCUT2D eigenvalue weighted by molar-refractivity contribution is 0.259. The van der Waals surface area contributed by atoms with Crippen LogP contribution in [-0.4, -0.2) is 11.0 Å². The van der Waals surface area contributed by atoms with Crippen molar-refractivity contribution in [1.82, 2.24) is 10.3 Å². The predicted octanol–water partition coefficient (Wildman–Crippen LogP) is 2.98. The molecule has 1 aromatic carbocycles. The van der Waals surface area contributed by atoms with E-state index in [0.29, 0.717) is 5.69 Å². The van der Waals surface area contributed by atoms with Gasteiger partial charge in [-0.1, -0.05) is 12.1 Å². The first-order valence-corrected chi connectivity index (χ1v) is 6.88. The number of anilines is 1. The molecule has 5 nitrogen and oxygen atoms in total. The molecule has 0 aliphatic carbocycles.